The maximum Gasteiger partial charge on any atom is 0.244 e. The Kier molecular flexibility index (Phi) is 4.31. The Morgan fingerprint density at radius 2 is 2.05 bits per heavy atom. The van der Waals surface area contributed by atoms with Crippen LogP contribution < -0.4 is 10.6 Å². The van der Waals surface area contributed by atoms with Crippen LogP contribution in [0.4, 0.5) is 17.5 Å². The molecule has 0 saturated carbocycles. The van der Waals surface area contributed by atoms with Crippen molar-refractivity contribution in [3.05, 3.63) is 34.4 Å². The normalized spacial score (nSPS) is 10.6. The van der Waals surface area contributed by atoms with Gasteiger partial charge in [-0.1, -0.05) is 15.9 Å². The fourth-order valence-electron chi connectivity index (χ4n) is 1.59. The van der Waals surface area contributed by atoms with Crippen molar-refractivity contribution in [1.29, 1.82) is 0 Å². The molecule has 0 aliphatic carbocycles. The number of anilines is 3. The molecule has 0 atom stereocenters. The Labute approximate surface area is 121 Å². The topological polar surface area (TPSA) is 62.7 Å². The van der Waals surface area contributed by atoms with E-state index in [4.69, 9.17) is 0 Å². The van der Waals surface area contributed by atoms with Crippen molar-refractivity contribution in [3.63, 3.8) is 0 Å². The Hall–Kier alpha value is -1.69. The molecule has 0 aliphatic heterocycles. The van der Waals surface area contributed by atoms with Gasteiger partial charge in [0, 0.05) is 16.2 Å². The van der Waals surface area contributed by atoms with Crippen LogP contribution in [-0.4, -0.2) is 21.2 Å². The molecule has 19 heavy (non-hydrogen) atoms. The van der Waals surface area contributed by atoms with Crippen LogP contribution in [0, 0.1) is 6.92 Å². The number of rotatable bonds is 4. The molecule has 0 amide bonds. The smallest absolute Gasteiger partial charge is 0.244 e. The summed E-state index contributed by atoms with van der Waals surface area (Å²) in [6, 6.07) is 6.30. The van der Waals surface area contributed by atoms with Gasteiger partial charge in [0.1, 0.15) is 0 Å². The Balaban J connectivity index is 2.18. The van der Waals surface area contributed by atoms with E-state index in [0.717, 1.165) is 15.7 Å². The minimum atomic E-state index is 0.270. The fourth-order valence-corrected chi connectivity index (χ4v) is 2.06. The van der Waals surface area contributed by atoms with Gasteiger partial charge in [-0.05, 0) is 44.5 Å². The van der Waals surface area contributed by atoms with Crippen molar-refractivity contribution in [2.45, 2.75) is 26.8 Å². The lowest BCUT2D eigenvalue weighted by Gasteiger charge is -2.11. The van der Waals surface area contributed by atoms with E-state index in [1.165, 1.54) is 0 Å². The highest BCUT2D eigenvalue weighted by Crippen LogP contribution is 2.22. The van der Waals surface area contributed by atoms with E-state index in [9.17, 15) is 0 Å². The van der Waals surface area contributed by atoms with Gasteiger partial charge >= 0.3 is 0 Å². The first-order valence-corrected chi connectivity index (χ1v) is 6.83. The summed E-state index contributed by atoms with van der Waals surface area (Å²) in [5.74, 6) is 1.19. The van der Waals surface area contributed by atoms with Crippen molar-refractivity contribution in [2.24, 2.45) is 0 Å². The van der Waals surface area contributed by atoms with E-state index in [1.54, 1.807) is 6.20 Å². The second-order valence-electron chi connectivity index (χ2n) is 4.55. The number of halogens is 1. The lowest BCUT2D eigenvalue weighted by atomic mass is 10.2. The number of nitrogens with one attached hydrogen (secondary N) is 2. The van der Waals surface area contributed by atoms with Crippen LogP contribution in [0.2, 0.25) is 0 Å². The standard InChI is InChI=1S/C13H16BrN5/c1-8(2)16-13-18-12(7-15-19-13)17-11-5-4-10(14)6-9(11)3/h4-8H,1-3H3,(H2,16,17,18,19). The molecule has 2 rings (SSSR count). The number of benzene rings is 1. The SMILES string of the molecule is Cc1cc(Br)ccc1Nc1cnnc(NC(C)C)n1. The van der Waals surface area contributed by atoms with Crippen LogP contribution in [0.1, 0.15) is 19.4 Å². The van der Waals surface area contributed by atoms with Crippen molar-refractivity contribution in [3.8, 4) is 0 Å². The zero-order valence-electron chi connectivity index (χ0n) is 11.1. The molecule has 0 radical (unpaired) electrons. The van der Waals surface area contributed by atoms with Gasteiger partial charge in [-0.3, -0.25) is 0 Å². The first kappa shape index (κ1) is 13.7. The highest BCUT2D eigenvalue weighted by Gasteiger charge is 2.04. The summed E-state index contributed by atoms with van der Waals surface area (Å²) in [5, 5.41) is 14.2. The maximum atomic E-state index is 4.36. The molecule has 0 unspecified atom stereocenters. The van der Waals surface area contributed by atoms with Gasteiger partial charge in [0.05, 0.1) is 6.20 Å². The second kappa shape index (κ2) is 5.97. The molecule has 1 aromatic heterocycles. The highest BCUT2D eigenvalue weighted by atomic mass is 79.9. The maximum absolute atomic E-state index is 4.36. The minimum Gasteiger partial charge on any atom is -0.351 e. The largest absolute Gasteiger partial charge is 0.351 e. The number of aromatic nitrogens is 3. The predicted molar refractivity (Wildman–Crippen MR) is 80.7 cm³/mol. The minimum absolute atomic E-state index is 0.270. The summed E-state index contributed by atoms with van der Waals surface area (Å²) in [7, 11) is 0. The molecule has 6 heteroatoms. The van der Waals surface area contributed by atoms with Crippen LogP contribution in [0.5, 0.6) is 0 Å². The molecular weight excluding hydrogens is 306 g/mol. The van der Waals surface area contributed by atoms with E-state index >= 15 is 0 Å². The zero-order valence-corrected chi connectivity index (χ0v) is 12.7. The lowest BCUT2D eigenvalue weighted by Crippen LogP contribution is -2.13. The summed E-state index contributed by atoms with van der Waals surface area (Å²) < 4.78 is 1.05. The molecule has 2 aromatic rings. The molecule has 0 aliphatic rings. The van der Waals surface area contributed by atoms with Gasteiger partial charge in [-0.2, -0.15) is 10.1 Å². The van der Waals surface area contributed by atoms with Crippen molar-refractivity contribution in [1.82, 2.24) is 15.2 Å². The number of hydrogen-bond acceptors (Lipinski definition) is 5. The number of nitrogens with zero attached hydrogens (tertiary/aromatic N) is 3. The molecule has 0 saturated heterocycles. The molecule has 0 spiro atoms. The van der Waals surface area contributed by atoms with Gasteiger partial charge in [0.2, 0.25) is 5.95 Å². The summed E-state index contributed by atoms with van der Waals surface area (Å²) in [5.41, 5.74) is 2.13. The summed E-state index contributed by atoms with van der Waals surface area (Å²) >= 11 is 3.44. The van der Waals surface area contributed by atoms with Gasteiger partial charge < -0.3 is 10.6 Å². The lowest BCUT2D eigenvalue weighted by molar-refractivity contribution is 0.852. The Morgan fingerprint density at radius 1 is 1.26 bits per heavy atom. The van der Waals surface area contributed by atoms with Crippen molar-refractivity contribution in [2.75, 3.05) is 10.6 Å². The first-order valence-electron chi connectivity index (χ1n) is 6.04. The predicted octanol–water partition coefficient (Wildman–Crippen LogP) is 3.51. The number of hydrogen-bond donors (Lipinski definition) is 2. The van der Waals surface area contributed by atoms with Crippen LogP contribution in [0.3, 0.4) is 0 Å². The molecule has 0 fully saturated rings. The van der Waals surface area contributed by atoms with E-state index in [2.05, 4.69) is 41.7 Å². The van der Waals surface area contributed by atoms with Crippen molar-refractivity contribution >= 4 is 33.4 Å². The van der Waals surface area contributed by atoms with Gasteiger partial charge in [-0.25, -0.2) is 0 Å². The van der Waals surface area contributed by atoms with Gasteiger partial charge in [-0.15, -0.1) is 5.10 Å². The molecular formula is C13H16BrN5. The third-order valence-corrected chi connectivity index (χ3v) is 2.92. The average molecular weight is 322 g/mol. The Bertz CT molecular complexity index is 571. The van der Waals surface area contributed by atoms with E-state index in [0.29, 0.717) is 11.8 Å². The van der Waals surface area contributed by atoms with Crippen LogP contribution in [-0.2, 0) is 0 Å². The quantitative estimate of drug-likeness (QED) is 0.902. The van der Waals surface area contributed by atoms with E-state index in [-0.39, 0.29) is 6.04 Å². The van der Waals surface area contributed by atoms with Crippen molar-refractivity contribution < 1.29 is 0 Å². The monoisotopic (exact) mass is 321 g/mol. The van der Waals surface area contributed by atoms with Gasteiger partial charge in [0.25, 0.3) is 0 Å². The molecule has 100 valence electrons. The summed E-state index contributed by atoms with van der Waals surface area (Å²) in [6.07, 6.45) is 1.60. The van der Waals surface area contributed by atoms with Crippen LogP contribution in [0.25, 0.3) is 0 Å². The number of aryl methyl sites for hydroxylation is 1. The zero-order chi connectivity index (χ0) is 13.8. The summed E-state index contributed by atoms with van der Waals surface area (Å²) in [4.78, 5) is 4.36. The summed E-state index contributed by atoms with van der Waals surface area (Å²) in [6.45, 7) is 6.10. The second-order valence-corrected chi connectivity index (χ2v) is 5.46. The molecule has 5 nitrogen and oxygen atoms in total. The third kappa shape index (κ3) is 3.89. The fraction of sp³-hybridized carbons (Fsp3) is 0.308. The van der Waals surface area contributed by atoms with Gasteiger partial charge in [0.15, 0.2) is 5.82 Å². The first-order chi connectivity index (χ1) is 9.04. The molecule has 1 heterocycles. The molecule has 2 N–H and O–H groups in total. The van der Waals surface area contributed by atoms with E-state index in [1.807, 2.05) is 39.0 Å². The Morgan fingerprint density at radius 3 is 2.74 bits per heavy atom. The molecule has 0 bridgehead atoms. The van der Waals surface area contributed by atoms with Crippen LogP contribution >= 0.6 is 15.9 Å². The average Bonchev–Trinajstić information content (AvgIpc) is 2.32. The van der Waals surface area contributed by atoms with E-state index < -0.39 is 0 Å². The van der Waals surface area contributed by atoms with Crippen LogP contribution in [0.15, 0.2) is 28.9 Å². The molecule has 1 aromatic carbocycles. The third-order valence-electron chi connectivity index (χ3n) is 2.43. The highest BCUT2D eigenvalue weighted by molar-refractivity contribution is 9.10.